The summed E-state index contributed by atoms with van der Waals surface area (Å²) < 4.78 is 14.9. The molecule has 0 aliphatic rings. The van der Waals surface area contributed by atoms with Crippen molar-refractivity contribution in [3.63, 3.8) is 0 Å². The number of nitrogens with zero attached hydrogens (tertiary/aromatic N) is 2. The van der Waals surface area contributed by atoms with Gasteiger partial charge in [0.25, 0.3) is 5.91 Å². The molecule has 0 spiro atoms. The van der Waals surface area contributed by atoms with Crippen LogP contribution in [0.4, 0.5) is 4.39 Å². The number of carbonyl (C=O) groups excluding carboxylic acids is 1. The normalized spacial score (nSPS) is 10.8. The Balaban J connectivity index is 1.96. The molecule has 3 aromatic rings. The quantitative estimate of drug-likeness (QED) is 0.605. The number of benzene rings is 2. The van der Waals surface area contributed by atoms with Crippen LogP contribution in [-0.4, -0.2) is 22.2 Å². The summed E-state index contributed by atoms with van der Waals surface area (Å²) in [6, 6.07) is 15.7. The van der Waals surface area contributed by atoms with E-state index in [1.54, 1.807) is 22.9 Å². The third-order valence-electron chi connectivity index (χ3n) is 4.39. The number of nitrogens with one attached hydrogen (secondary N) is 1. The van der Waals surface area contributed by atoms with Gasteiger partial charge < -0.3 is 5.32 Å². The molecule has 0 saturated carbocycles. The highest BCUT2D eigenvalue weighted by Gasteiger charge is 2.17. The first-order valence-electron chi connectivity index (χ1n) is 9.29. The summed E-state index contributed by atoms with van der Waals surface area (Å²) in [5.74, 6) is -0.459. The standard InChI is InChI=1S/C22H24FN3O/c1-3-4-5-13-24-22(27)21-15-20(17-9-11-18(23)12-10-17)25-26(21)19-8-6-7-16(2)14-19/h6-12,14-15H,3-5,13H2,1-2H3,(H,24,27). The first-order valence-corrected chi connectivity index (χ1v) is 9.29. The molecule has 0 aliphatic heterocycles. The van der Waals surface area contributed by atoms with Crippen LogP contribution in [0.15, 0.2) is 54.6 Å². The lowest BCUT2D eigenvalue weighted by Crippen LogP contribution is -2.26. The Labute approximate surface area is 159 Å². The Morgan fingerprint density at radius 3 is 2.59 bits per heavy atom. The minimum absolute atomic E-state index is 0.159. The third-order valence-corrected chi connectivity index (χ3v) is 4.39. The van der Waals surface area contributed by atoms with Gasteiger partial charge in [-0.15, -0.1) is 0 Å². The van der Waals surface area contributed by atoms with Gasteiger partial charge in [0.05, 0.1) is 11.4 Å². The molecule has 0 fully saturated rings. The molecule has 0 radical (unpaired) electrons. The lowest BCUT2D eigenvalue weighted by molar-refractivity contribution is 0.0945. The molecule has 1 aromatic heterocycles. The van der Waals surface area contributed by atoms with Crippen molar-refractivity contribution in [3.8, 4) is 16.9 Å². The second-order valence-electron chi connectivity index (χ2n) is 6.64. The molecule has 1 N–H and O–H groups in total. The van der Waals surface area contributed by atoms with Crippen molar-refractivity contribution < 1.29 is 9.18 Å². The molecule has 5 heteroatoms. The van der Waals surface area contributed by atoms with Gasteiger partial charge in [0, 0.05) is 12.1 Å². The van der Waals surface area contributed by atoms with E-state index in [0.29, 0.717) is 17.9 Å². The maximum absolute atomic E-state index is 13.2. The highest BCUT2D eigenvalue weighted by atomic mass is 19.1. The molecular weight excluding hydrogens is 341 g/mol. The molecule has 140 valence electrons. The largest absolute Gasteiger partial charge is 0.351 e. The van der Waals surface area contributed by atoms with Crippen LogP contribution in [0.1, 0.15) is 42.2 Å². The van der Waals surface area contributed by atoms with Crippen LogP contribution in [0.2, 0.25) is 0 Å². The van der Waals surface area contributed by atoms with Crippen molar-refractivity contribution in [2.24, 2.45) is 0 Å². The number of hydrogen-bond donors (Lipinski definition) is 1. The fourth-order valence-electron chi connectivity index (χ4n) is 2.93. The van der Waals surface area contributed by atoms with Gasteiger partial charge in [-0.25, -0.2) is 9.07 Å². The monoisotopic (exact) mass is 365 g/mol. The number of aryl methyl sites for hydroxylation is 1. The van der Waals surface area contributed by atoms with E-state index in [4.69, 9.17) is 0 Å². The maximum Gasteiger partial charge on any atom is 0.270 e. The summed E-state index contributed by atoms with van der Waals surface area (Å²) in [6.45, 7) is 4.76. The van der Waals surface area contributed by atoms with E-state index >= 15 is 0 Å². The van der Waals surface area contributed by atoms with Gasteiger partial charge in [0.2, 0.25) is 0 Å². The summed E-state index contributed by atoms with van der Waals surface area (Å²) in [7, 11) is 0. The van der Waals surface area contributed by atoms with E-state index in [0.717, 1.165) is 36.1 Å². The lowest BCUT2D eigenvalue weighted by Gasteiger charge is -2.09. The molecule has 4 nitrogen and oxygen atoms in total. The first-order chi connectivity index (χ1) is 13.1. The van der Waals surface area contributed by atoms with Crippen molar-refractivity contribution in [1.29, 1.82) is 0 Å². The highest BCUT2D eigenvalue weighted by molar-refractivity contribution is 5.94. The van der Waals surface area contributed by atoms with E-state index < -0.39 is 0 Å². The van der Waals surface area contributed by atoms with E-state index in [-0.39, 0.29) is 11.7 Å². The summed E-state index contributed by atoms with van der Waals surface area (Å²) in [6.07, 6.45) is 3.13. The molecular formula is C22H24FN3O. The zero-order chi connectivity index (χ0) is 19.2. The Morgan fingerprint density at radius 2 is 1.89 bits per heavy atom. The predicted octanol–water partition coefficient (Wildman–Crippen LogP) is 4.91. The average Bonchev–Trinajstić information content (AvgIpc) is 3.11. The van der Waals surface area contributed by atoms with Crippen molar-refractivity contribution in [2.75, 3.05) is 6.54 Å². The molecule has 0 unspecified atom stereocenters. The van der Waals surface area contributed by atoms with Crippen molar-refractivity contribution in [3.05, 3.63) is 71.7 Å². The highest BCUT2D eigenvalue weighted by Crippen LogP contribution is 2.22. The number of carbonyl (C=O) groups is 1. The van der Waals surface area contributed by atoms with Crippen LogP contribution in [0, 0.1) is 12.7 Å². The summed E-state index contributed by atoms with van der Waals surface area (Å²) in [4.78, 5) is 12.8. The van der Waals surface area contributed by atoms with E-state index in [1.165, 1.54) is 12.1 Å². The Bertz CT molecular complexity index is 916. The molecule has 0 atom stereocenters. The van der Waals surface area contributed by atoms with Gasteiger partial charge in [-0.05, 0) is 61.4 Å². The molecule has 3 rings (SSSR count). The number of unbranched alkanes of at least 4 members (excludes halogenated alkanes) is 2. The van der Waals surface area contributed by atoms with E-state index in [1.807, 2.05) is 31.2 Å². The van der Waals surface area contributed by atoms with Crippen LogP contribution in [0.5, 0.6) is 0 Å². The van der Waals surface area contributed by atoms with Crippen molar-refractivity contribution in [1.82, 2.24) is 15.1 Å². The van der Waals surface area contributed by atoms with E-state index in [9.17, 15) is 9.18 Å². The molecule has 0 saturated heterocycles. The van der Waals surface area contributed by atoms with Crippen LogP contribution < -0.4 is 5.32 Å². The topological polar surface area (TPSA) is 46.9 Å². The van der Waals surface area contributed by atoms with Gasteiger partial charge in [-0.2, -0.15) is 5.10 Å². The number of aromatic nitrogens is 2. The van der Waals surface area contributed by atoms with Crippen LogP contribution >= 0.6 is 0 Å². The molecule has 0 bridgehead atoms. The zero-order valence-corrected chi connectivity index (χ0v) is 15.7. The average molecular weight is 365 g/mol. The maximum atomic E-state index is 13.2. The fraction of sp³-hybridized carbons (Fsp3) is 0.273. The second kappa shape index (κ2) is 8.62. The first kappa shape index (κ1) is 18.8. The minimum atomic E-state index is -0.300. The van der Waals surface area contributed by atoms with Gasteiger partial charge in [0.1, 0.15) is 11.5 Å². The van der Waals surface area contributed by atoms with Crippen molar-refractivity contribution >= 4 is 5.91 Å². The zero-order valence-electron chi connectivity index (χ0n) is 15.7. The van der Waals surface area contributed by atoms with Crippen LogP contribution in [0.25, 0.3) is 16.9 Å². The molecule has 0 aliphatic carbocycles. The summed E-state index contributed by atoms with van der Waals surface area (Å²) in [5.41, 5.74) is 3.78. The Kier molecular flexibility index (Phi) is 6.01. The number of amides is 1. The smallest absolute Gasteiger partial charge is 0.270 e. The number of hydrogen-bond acceptors (Lipinski definition) is 2. The predicted molar refractivity (Wildman–Crippen MR) is 106 cm³/mol. The minimum Gasteiger partial charge on any atom is -0.351 e. The Morgan fingerprint density at radius 1 is 1.11 bits per heavy atom. The van der Waals surface area contributed by atoms with Gasteiger partial charge >= 0.3 is 0 Å². The summed E-state index contributed by atoms with van der Waals surface area (Å²) in [5, 5.41) is 7.59. The molecule has 2 aromatic carbocycles. The number of halogens is 1. The number of rotatable bonds is 7. The lowest BCUT2D eigenvalue weighted by atomic mass is 10.1. The molecule has 1 amide bonds. The van der Waals surface area contributed by atoms with E-state index in [2.05, 4.69) is 17.3 Å². The molecule has 1 heterocycles. The second-order valence-corrected chi connectivity index (χ2v) is 6.64. The van der Waals surface area contributed by atoms with Gasteiger partial charge in [-0.3, -0.25) is 4.79 Å². The van der Waals surface area contributed by atoms with Gasteiger partial charge in [0.15, 0.2) is 0 Å². The van der Waals surface area contributed by atoms with Crippen LogP contribution in [-0.2, 0) is 0 Å². The third kappa shape index (κ3) is 4.61. The Hall–Kier alpha value is -2.95. The fourth-order valence-corrected chi connectivity index (χ4v) is 2.93. The van der Waals surface area contributed by atoms with Gasteiger partial charge in [-0.1, -0.05) is 31.9 Å². The summed E-state index contributed by atoms with van der Waals surface area (Å²) >= 11 is 0. The SMILES string of the molecule is CCCCCNC(=O)c1cc(-c2ccc(F)cc2)nn1-c1cccc(C)c1. The molecule has 27 heavy (non-hydrogen) atoms. The van der Waals surface area contributed by atoms with Crippen molar-refractivity contribution in [2.45, 2.75) is 33.1 Å². The van der Waals surface area contributed by atoms with Crippen LogP contribution in [0.3, 0.4) is 0 Å².